The molecule has 1 fully saturated rings. The number of fused-ring (bicyclic) bond motifs is 9. The Labute approximate surface area is 511 Å². The van der Waals surface area contributed by atoms with E-state index in [0.29, 0.717) is 5.92 Å². The summed E-state index contributed by atoms with van der Waals surface area (Å²) in [4.78, 5) is 5.62. The van der Waals surface area contributed by atoms with E-state index in [0.717, 1.165) is 19.3 Å². The number of nitrogens with zero attached hydrogens (tertiary/aromatic N) is 1. The van der Waals surface area contributed by atoms with Crippen LogP contribution in [0.25, 0.3) is 106 Å². The average Bonchev–Trinajstić information content (AvgIpc) is 1.72. The molecular formula is C85H61NS. The van der Waals surface area contributed by atoms with Crippen LogP contribution in [-0.2, 0) is 0 Å². The predicted molar refractivity (Wildman–Crippen MR) is 368 cm³/mol. The van der Waals surface area contributed by atoms with E-state index < -0.39 is 10.0 Å². The minimum Gasteiger partial charge on any atom is -0.310 e. The molecule has 0 saturated heterocycles. The highest BCUT2D eigenvalue weighted by atomic mass is 32.3. The Balaban J connectivity index is 0.810. The summed E-state index contributed by atoms with van der Waals surface area (Å²) >= 11 is 0. The molecule has 12 aromatic rings. The molecule has 0 bridgehead atoms. The second-order valence-electron chi connectivity index (χ2n) is 23.9. The summed E-state index contributed by atoms with van der Waals surface area (Å²) in [6, 6.07) is 97.8. The van der Waals surface area contributed by atoms with Crippen LogP contribution in [0.2, 0.25) is 0 Å². The van der Waals surface area contributed by atoms with E-state index in [4.69, 9.17) is 0 Å². The van der Waals surface area contributed by atoms with Crippen LogP contribution in [0, 0.1) is 5.41 Å². The molecule has 3 unspecified atom stereocenters. The topological polar surface area (TPSA) is 4.93 Å². The van der Waals surface area contributed by atoms with Gasteiger partial charge in [-0.1, -0.05) is 285 Å². The molecule has 2 heterocycles. The van der Waals surface area contributed by atoms with E-state index in [9.17, 15) is 0 Å². The Kier molecular flexibility index (Phi) is 12.2. The molecule has 17 rings (SSSR count). The van der Waals surface area contributed by atoms with Crippen LogP contribution >= 0.6 is 10.0 Å². The summed E-state index contributed by atoms with van der Waals surface area (Å²) in [6.45, 7) is 0. The maximum absolute atomic E-state index is 2.62. The number of rotatable bonds is 10. The molecule has 4 aliphatic carbocycles. The first-order valence-electron chi connectivity index (χ1n) is 30.6. The van der Waals surface area contributed by atoms with Gasteiger partial charge in [-0.3, -0.25) is 0 Å². The molecule has 3 atom stereocenters. The van der Waals surface area contributed by atoms with Crippen LogP contribution in [0.4, 0.5) is 0 Å². The average molecular weight is 1130 g/mol. The van der Waals surface area contributed by atoms with Crippen molar-refractivity contribution >= 4 is 43.4 Å². The van der Waals surface area contributed by atoms with Crippen molar-refractivity contribution in [1.82, 2.24) is 4.57 Å². The van der Waals surface area contributed by atoms with Crippen molar-refractivity contribution in [2.45, 2.75) is 39.9 Å². The third kappa shape index (κ3) is 8.45. The SMILES string of the molecule is C1=CC=C(S2(c3ccccc3)c3cc(-c4cccc5ccccc45)ccc3-c3ccc(-n4c5c(c6cc(-c7ccc(-c8ccc(-c9ccccc9)cc8)cc7)ccc64)C4CC4(C4=CC=C(c6ccc(-c7ccccc7)cc6)C=CC4)C=C5)cc32)CC=C1. The van der Waals surface area contributed by atoms with Crippen LogP contribution in [0.1, 0.15) is 42.0 Å². The normalized spacial score (nSPS) is 19.4. The van der Waals surface area contributed by atoms with Crippen molar-refractivity contribution in [3.05, 3.63) is 349 Å². The first-order valence-corrected chi connectivity index (χ1v) is 32.3. The molecule has 87 heavy (non-hydrogen) atoms. The molecule has 1 saturated carbocycles. The van der Waals surface area contributed by atoms with Gasteiger partial charge in [0.1, 0.15) is 0 Å². The van der Waals surface area contributed by atoms with E-state index in [1.807, 2.05) is 0 Å². The van der Waals surface area contributed by atoms with E-state index in [1.165, 1.54) is 142 Å². The van der Waals surface area contributed by atoms with Crippen LogP contribution in [-0.4, -0.2) is 4.57 Å². The highest BCUT2D eigenvalue weighted by Gasteiger charge is 2.58. The van der Waals surface area contributed by atoms with Gasteiger partial charge in [-0.15, -0.1) is 10.0 Å². The van der Waals surface area contributed by atoms with Crippen molar-refractivity contribution in [2.24, 2.45) is 5.41 Å². The quantitative estimate of drug-likeness (QED) is 0.129. The first kappa shape index (κ1) is 51.2. The summed E-state index contributed by atoms with van der Waals surface area (Å²) in [6.07, 6.45) is 29.0. The lowest BCUT2D eigenvalue weighted by atomic mass is 9.84. The monoisotopic (exact) mass is 1130 g/mol. The number of benzene rings is 11. The van der Waals surface area contributed by atoms with Crippen LogP contribution in [0.3, 0.4) is 0 Å². The van der Waals surface area contributed by atoms with Crippen molar-refractivity contribution in [2.75, 3.05) is 0 Å². The predicted octanol–water partition coefficient (Wildman–Crippen LogP) is 23.3. The summed E-state index contributed by atoms with van der Waals surface area (Å²) in [7, 11) is -2.00. The lowest BCUT2D eigenvalue weighted by molar-refractivity contribution is 0.720. The summed E-state index contributed by atoms with van der Waals surface area (Å²) < 4.78 is 2.62. The Morgan fingerprint density at radius 2 is 0.977 bits per heavy atom. The molecule has 0 amide bonds. The Hall–Kier alpha value is -10.3. The summed E-state index contributed by atoms with van der Waals surface area (Å²) in [5, 5.41) is 3.87. The van der Waals surface area contributed by atoms with Gasteiger partial charge in [0.2, 0.25) is 0 Å². The molecule has 0 N–H and O–H groups in total. The van der Waals surface area contributed by atoms with Gasteiger partial charge in [0.25, 0.3) is 0 Å². The van der Waals surface area contributed by atoms with E-state index in [2.05, 4.69) is 332 Å². The molecule has 412 valence electrons. The van der Waals surface area contributed by atoms with Crippen LogP contribution in [0.5, 0.6) is 0 Å². The molecule has 1 nitrogen and oxygen atoms in total. The first-order chi connectivity index (χ1) is 43.1. The van der Waals surface area contributed by atoms with Gasteiger partial charge in [-0.05, 0) is 167 Å². The summed E-state index contributed by atoms with van der Waals surface area (Å²) in [5.74, 6) is 0.340. The zero-order chi connectivity index (χ0) is 57.5. The van der Waals surface area contributed by atoms with Gasteiger partial charge in [0.15, 0.2) is 0 Å². The largest absolute Gasteiger partial charge is 0.310 e. The highest BCUT2D eigenvalue weighted by Crippen LogP contribution is 2.81. The molecular weight excluding hydrogens is 1070 g/mol. The van der Waals surface area contributed by atoms with Crippen molar-refractivity contribution in [1.29, 1.82) is 0 Å². The van der Waals surface area contributed by atoms with Gasteiger partial charge < -0.3 is 4.57 Å². The fourth-order valence-electron chi connectivity index (χ4n) is 14.8. The molecule has 0 spiro atoms. The zero-order valence-corrected chi connectivity index (χ0v) is 49.0. The van der Waals surface area contributed by atoms with E-state index >= 15 is 0 Å². The minimum absolute atomic E-state index is 0.0612. The Bertz CT molecular complexity index is 4950. The van der Waals surface area contributed by atoms with Crippen molar-refractivity contribution < 1.29 is 0 Å². The number of hydrogen-bond acceptors (Lipinski definition) is 0. The minimum atomic E-state index is -2.00. The van der Waals surface area contributed by atoms with E-state index in [-0.39, 0.29) is 5.41 Å². The maximum atomic E-state index is 2.62. The molecule has 2 heteroatoms. The maximum Gasteiger partial charge on any atom is 0.0538 e. The van der Waals surface area contributed by atoms with Crippen LogP contribution in [0.15, 0.2) is 347 Å². The molecule has 1 aromatic heterocycles. The molecule has 11 aromatic carbocycles. The molecule has 1 aliphatic heterocycles. The van der Waals surface area contributed by atoms with Gasteiger partial charge in [-0.2, -0.15) is 0 Å². The standard InChI is InChI=1S/C85H61NS/c1-2-11-27-72(26-10-1)87(73-28-12-5-13-29-73)82-55-69(75-31-17-24-67-22-14-15-30-74(67)75)45-49-76(82)77-50-48-71(56-83(77)87)86-80-51-46-68(66-42-40-65(41-43-66)64-38-34-62(35-39-64)59-20-8-4-9-21-59)54-78(80)84-79-57-85(79,53-52-81(84)86)70-25-16-23-60(44-47-70)63-36-32-61(33-37-63)58-18-6-3-7-19-58/h1-24,26,28-56,79H,25,27,57H2. The zero-order valence-electron chi connectivity index (χ0n) is 48.2. The van der Waals surface area contributed by atoms with Gasteiger partial charge in [0, 0.05) is 37.1 Å². The van der Waals surface area contributed by atoms with Gasteiger partial charge in [0.05, 0.1) is 11.2 Å². The number of hydrogen-bond donors (Lipinski definition) is 0. The second-order valence-corrected chi connectivity index (χ2v) is 27.0. The van der Waals surface area contributed by atoms with Gasteiger partial charge >= 0.3 is 0 Å². The van der Waals surface area contributed by atoms with Gasteiger partial charge in [-0.25, -0.2) is 0 Å². The second kappa shape index (κ2) is 20.8. The van der Waals surface area contributed by atoms with Crippen molar-refractivity contribution in [3.8, 4) is 72.4 Å². The Morgan fingerprint density at radius 1 is 0.391 bits per heavy atom. The lowest BCUT2D eigenvalue weighted by Crippen LogP contribution is -2.09. The Morgan fingerprint density at radius 3 is 1.69 bits per heavy atom. The lowest BCUT2D eigenvalue weighted by Gasteiger charge is -2.41. The number of aromatic nitrogens is 1. The number of allylic oxidation sites excluding steroid dienone is 13. The fourth-order valence-corrected chi connectivity index (χ4v) is 19.2. The molecule has 5 aliphatic rings. The van der Waals surface area contributed by atoms with Crippen LogP contribution < -0.4 is 0 Å². The van der Waals surface area contributed by atoms with E-state index in [1.54, 1.807) is 0 Å². The third-order valence-electron chi connectivity index (χ3n) is 19.2. The highest BCUT2D eigenvalue weighted by molar-refractivity contribution is 8.37. The van der Waals surface area contributed by atoms with Crippen molar-refractivity contribution in [3.63, 3.8) is 0 Å². The summed E-state index contributed by atoms with van der Waals surface area (Å²) in [5.41, 5.74) is 24.1. The smallest absolute Gasteiger partial charge is 0.0538 e. The third-order valence-corrected chi connectivity index (χ3v) is 23.3. The molecule has 0 radical (unpaired) electrons. The fraction of sp³-hybridized carbons (Fsp3) is 0.0588.